The number of ether oxygens (including phenoxy) is 1. The summed E-state index contributed by atoms with van der Waals surface area (Å²) < 4.78 is 33.0. The lowest BCUT2D eigenvalue weighted by Gasteiger charge is -2.44. The van der Waals surface area contributed by atoms with Crippen molar-refractivity contribution in [2.24, 2.45) is 0 Å². The van der Waals surface area contributed by atoms with Crippen LogP contribution in [0.1, 0.15) is 50.1 Å². The second-order valence-corrected chi connectivity index (χ2v) is 10.3. The molecule has 1 aliphatic heterocycles. The van der Waals surface area contributed by atoms with Crippen molar-refractivity contribution in [1.29, 1.82) is 0 Å². The highest BCUT2D eigenvalue weighted by Crippen LogP contribution is 2.46. The number of fused-ring (bicyclic) bond motifs is 1. The summed E-state index contributed by atoms with van der Waals surface area (Å²) in [4.78, 5) is 13.0. The van der Waals surface area contributed by atoms with Crippen LogP contribution in [-0.2, 0) is 14.8 Å². The van der Waals surface area contributed by atoms with Crippen LogP contribution in [0, 0.1) is 0 Å². The summed E-state index contributed by atoms with van der Waals surface area (Å²) >= 11 is 0. The minimum absolute atomic E-state index is 0.179. The Hall–Kier alpha value is -2.38. The first-order valence-electron chi connectivity index (χ1n) is 10.5. The molecular formula is C23H28N2O4S. The highest BCUT2D eigenvalue weighted by molar-refractivity contribution is 7.89. The molecule has 1 N–H and O–H groups in total. The minimum atomic E-state index is -3.71. The minimum Gasteiger partial charge on any atom is -0.487 e. The predicted molar refractivity (Wildman–Crippen MR) is 115 cm³/mol. The number of nitrogens with one attached hydrogen (secondary N) is 1. The summed E-state index contributed by atoms with van der Waals surface area (Å²) in [6.07, 6.45) is 6.14. The largest absolute Gasteiger partial charge is 0.487 e. The number of likely N-dealkylation sites (N-methyl/N-ethyl adjacent to an activating group) is 1. The monoisotopic (exact) mass is 428 g/mol. The lowest BCUT2D eigenvalue weighted by atomic mass is 9.77. The van der Waals surface area contributed by atoms with E-state index >= 15 is 0 Å². The van der Waals surface area contributed by atoms with E-state index in [1.54, 1.807) is 18.2 Å². The van der Waals surface area contributed by atoms with Gasteiger partial charge in [-0.1, -0.05) is 42.8 Å². The maximum absolute atomic E-state index is 12.8. The van der Waals surface area contributed by atoms with E-state index in [-0.39, 0.29) is 29.0 Å². The molecule has 0 radical (unpaired) electrons. The van der Waals surface area contributed by atoms with Gasteiger partial charge in [0, 0.05) is 19.0 Å². The van der Waals surface area contributed by atoms with Crippen LogP contribution in [-0.4, -0.2) is 37.8 Å². The number of carbonyl (C=O) groups is 1. The second-order valence-electron chi connectivity index (χ2n) is 8.28. The molecule has 0 aromatic heterocycles. The van der Waals surface area contributed by atoms with Gasteiger partial charge in [0.1, 0.15) is 11.4 Å². The van der Waals surface area contributed by atoms with Crippen molar-refractivity contribution in [2.75, 3.05) is 13.6 Å². The molecule has 1 atom stereocenters. The molecule has 1 amide bonds. The Morgan fingerprint density at radius 2 is 1.73 bits per heavy atom. The SMILES string of the molecule is CN(CC(=O)N[C@H]1CC2(CCCCC2)Oc2ccccc21)S(=O)(=O)c1ccccc1. The van der Waals surface area contributed by atoms with Gasteiger partial charge in [-0.25, -0.2) is 8.42 Å². The number of hydrogen-bond acceptors (Lipinski definition) is 4. The van der Waals surface area contributed by atoms with E-state index in [1.165, 1.54) is 25.6 Å². The highest BCUT2D eigenvalue weighted by Gasteiger charge is 2.42. The van der Waals surface area contributed by atoms with Crippen molar-refractivity contribution in [3.05, 3.63) is 60.2 Å². The fourth-order valence-corrected chi connectivity index (χ4v) is 5.70. The van der Waals surface area contributed by atoms with E-state index in [4.69, 9.17) is 4.74 Å². The van der Waals surface area contributed by atoms with Crippen LogP contribution in [0.4, 0.5) is 0 Å². The number of para-hydroxylation sites is 1. The van der Waals surface area contributed by atoms with Crippen LogP contribution in [0.15, 0.2) is 59.5 Å². The van der Waals surface area contributed by atoms with Gasteiger partial charge in [-0.15, -0.1) is 0 Å². The number of amides is 1. The van der Waals surface area contributed by atoms with Gasteiger partial charge in [-0.05, 0) is 43.9 Å². The molecule has 1 spiro atoms. The third kappa shape index (κ3) is 4.23. The zero-order valence-corrected chi connectivity index (χ0v) is 18.0. The van der Waals surface area contributed by atoms with Crippen LogP contribution in [0.3, 0.4) is 0 Å². The molecule has 2 aromatic carbocycles. The first-order chi connectivity index (χ1) is 14.4. The van der Waals surface area contributed by atoms with Gasteiger partial charge in [-0.2, -0.15) is 4.31 Å². The molecule has 30 heavy (non-hydrogen) atoms. The van der Waals surface area contributed by atoms with E-state index in [0.29, 0.717) is 6.42 Å². The average Bonchev–Trinajstić information content (AvgIpc) is 2.74. The Bertz CT molecular complexity index is 1000. The Kier molecular flexibility index (Phi) is 5.84. The molecule has 0 bridgehead atoms. The summed E-state index contributed by atoms with van der Waals surface area (Å²) in [6, 6.07) is 15.8. The van der Waals surface area contributed by atoms with E-state index in [9.17, 15) is 13.2 Å². The zero-order chi connectivity index (χ0) is 21.2. The molecule has 4 rings (SSSR count). The maximum atomic E-state index is 12.8. The number of hydrogen-bond donors (Lipinski definition) is 1. The molecule has 160 valence electrons. The van der Waals surface area contributed by atoms with Crippen LogP contribution in [0.25, 0.3) is 0 Å². The lowest BCUT2D eigenvalue weighted by Crippen LogP contribution is -2.48. The summed E-state index contributed by atoms with van der Waals surface area (Å²) in [7, 11) is -2.28. The van der Waals surface area contributed by atoms with Gasteiger partial charge < -0.3 is 10.1 Å². The molecule has 7 heteroatoms. The summed E-state index contributed by atoms with van der Waals surface area (Å²) in [5.41, 5.74) is 0.711. The zero-order valence-electron chi connectivity index (χ0n) is 17.2. The predicted octanol–water partition coefficient (Wildman–Crippen LogP) is 3.65. The van der Waals surface area contributed by atoms with Crippen LogP contribution < -0.4 is 10.1 Å². The highest BCUT2D eigenvalue weighted by atomic mass is 32.2. The Morgan fingerprint density at radius 1 is 1.07 bits per heavy atom. The molecule has 2 aliphatic rings. The number of rotatable bonds is 5. The van der Waals surface area contributed by atoms with E-state index in [0.717, 1.165) is 41.3 Å². The van der Waals surface area contributed by atoms with Crippen molar-refractivity contribution in [3.8, 4) is 5.75 Å². The Morgan fingerprint density at radius 3 is 2.47 bits per heavy atom. The van der Waals surface area contributed by atoms with Gasteiger partial charge >= 0.3 is 0 Å². The van der Waals surface area contributed by atoms with E-state index < -0.39 is 10.0 Å². The van der Waals surface area contributed by atoms with Gasteiger partial charge in [0.05, 0.1) is 17.5 Å². The van der Waals surface area contributed by atoms with Gasteiger partial charge in [0.2, 0.25) is 15.9 Å². The molecule has 1 aliphatic carbocycles. The molecule has 6 nitrogen and oxygen atoms in total. The molecule has 2 aromatic rings. The number of sulfonamides is 1. The summed E-state index contributed by atoms with van der Waals surface area (Å²) in [5.74, 6) is 0.505. The topological polar surface area (TPSA) is 75.7 Å². The van der Waals surface area contributed by atoms with Crippen LogP contribution >= 0.6 is 0 Å². The van der Waals surface area contributed by atoms with Crippen molar-refractivity contribution in [2.45, 2.75) is 55.1 Å². The molecule has 1 saturated carbocycles. The third-order valence-electron chi connectivity index (χ3n) is 6.11. The third-order valence-corrected chi connectivity index (χ3v) is 7.93. The van der Waals surface area contributed by atoms with Crippen molar-refractivity contribution in [3.63, 3.8) is 0 Å². The Balaban J connectivity index is 1.49. The van der Waals surface area contributed by atoms with Crippen molar-refractivity contribution in [1.82, 2.24) is 9.62 Å². The number of carbonyl (C=O) groups excluding carboxylic acids is 1. The van der Waals surface area contributed by atoms with Gasteiger partial charge in [0.15, 0.2) is 0 Å². The smallest absolute Gasteiger partial charge is 0.243 e. The van der Waals surface area contributed by atoms with Crippen molar-refractivity contribution >= 4 is 15.9 Å². The fourth-order valence-electron chi connectivity index (χ4n) is 4.55. The maximum Gasteiger partial charge on any atom is 0.243 e. The second kappa shape index (κ2) is 8.40. The van der Waals surface area contributed by atoms with Crippen molar-refractivity contribution < 1.29 is 17.9 Å². The first kappa shape index (κ1) is 20.9. The summed E-state index contributed by atoms with van der Waals surface area (Å²) in [5, 5.41) is 3.08. The first-order valence-corrected chi connectivity index (χ1v) is 11.9. The lowest BCUT2D eigenvalue weighted by molar-refractivity contribution is -0.122. The number of benzene rings is 2. The molecule has 1 heterocycles. The average molecular weight is 429 g/mol. The van der Waals surface area contributed by atoms with Crippen LogP contribution in [0.5, 0.6) is 5.75 Å². The number of nitrogens with zero attached hydrogens (tertiary/aromatic N) is 1. The van der Waals surface area contributed by atoms with Gasteiger partial charge in [0.25, 0.3) is 0 Å². The molecular weight excluding hydrogens is 400 g/mol. The fraction of sp³-hybridized carbons (Fsp3) is 0.435. The quantitative estimate of drug-likeness (QED) is 0.789. The van der Waals surface area contributed by atoms with E-state index in [2.05, 4.69) is 5.32 Å². The molecule has 0 saturated heterocycles. The summed E-state index contributed by atoms with van der Waals surface area (Å²) in [6.45, 7) is -0.232. The standard InChI is InChI=1S/C23H28N2O4S/c1-25(30(27,28)18-10-4-2-5-11-18)17-22(26)24-20-16-23(14-8-3-9-15-23)29-21-13-7-6-12-19(20)21/h2,4-7,10-13,20H,3,8-9,14-17H2,1H3,(H,24,26)/t20-/m0/s1. The molecule has 1 fully saturated rings. The van der Waals surface area contributed by atoms with Gasteiger partial charge in [-0.3, -0.25) is 4.79 Å². The van der Waals surface area contributed by atoms with Crippen LogP contribution in [0.2, 0.25) is 0 Å². The normalized spacial score (nSPS) is 20.4. The Labute approximate surface area is 178 Å². The molecule has 0 unspecified atom stereocenters. The van der Waals surface area contributed by atoms with E-state index in [1.807, 2.05) is 24.3 Å².